The Labute approximate surface area is 187 Å². The van der Waals surface area contributed by atoms with E-state index in [4.69, 9.17) is 27.9 Å². The number of amides is 2. The zero-order valence-electron chi connectivity index (χ0n) is 15.8. The van der Waals surface area contributed by atoms with Crippen LogP contribution in [0.15, 0.2) is 77.9 Å². The summed E-state index contributed by atoms with van der Waals surface area (Å²) in [7, 11) is 0. The number of rotatable bonds is 5. The summed E-state index contributed by atoms with van der Waals surface area (Å²) < 4.78 is 5.28. The second-order valence-corrected chi connectivity index (χ2v) is 7.00. The molecule has 0 spiro atoms. The Kier molecular flexibility index (Phi) is 7.37. The number of carbonyl (C=O) groups is 3. The van der Waals surface area contributed by atoms with Crippen molar-refractivity contribution in [1.82, 2.24) is 5.43 Å². The van der Waals surface area contributed by atoms with Gasteiger partial charge in [0.05, 0.1) is 11.8 Å². The number of hydrazone groups is 1. The van der Waals surface area contributed by atoms with E-state index in [9.17, 15) is 14.4 Å². The van der Waals surface area contributed by atoms with E-state index in [1.54, 1.807) is 66.7 Å². The summed E-state index contributed by atoms with van der Waals surface area (Å²) in [5.41, 5.74) is 3.50. The normalized spacial score (nSPS) is 10.5. The Morgan fingerprint density at radius 3 is 2.23 bits per heavy atom. The number of benzene rings is 3. The highest BCUT2D eigenvalue weighted by molar-refractivity contribution is 6.39. The van der Waals surface area contributed by atoms with Gasteiger partial charge in [-0.15, -0.1) is 0 Å². The van der Waals surface area contributed by atoms with Crippen molar-refractivity contribution in [2.75, 3.05) is 5.32 Å². The molecule has 3 aromatic rings. The lowest BCUT2D eigenvalue weighted by atomic mass is 10.2. The molecular weight excluding hydrogens is 441 g/mol. The van der Waals surface area contributed by atoms with Gasteiger partial charge < -0.3 is 10.1 Å². The lowest BCUT2D eigenvalue weighted by Crippen LogP contribution is -2.32. The van der Waals surface area contributed by atoms with E-state index in [0.29, 0.717) is 32.6 Å². The van der Waals surface area contributed by atoms with Crippen LogP contribution < -0.4 is 15.5 Å². The topological polar surface area (TPSA) is 96.9 Å². The molecule has 0 unspecified atom stereocenters. The molecule has 9 heteroatoms. The van der Waals surface area contributed by atoms with Gasteiger partial charge in [0.15, 0.2) is 0 Å². The minimum absolute atomic E-state index is 0.327. The number of esters is 1. The largest absolute Gasteiger partial charge is 0.423 e. The molecule has 3 rings (SSSR count). The highest BCUT2D eigenvalue weighted by Crippen LogP contribution is 2.16. The van der Waals surface area contributed by atoms with Gasteiger partial charge in [0.25, 0.3) is 0 Å². The van der Waals surface area contributed by atoms with Crippen LogP contribution in [0.4, 0.5) is 5.69 Å². The Hall–Kier alpha value is -3.68. The molecule has 31 heavy (non-hydrogen) atoms. The molecule has 2 amide bonds. The van der Waals surface area contributed by atoms with E-state index in [2.05, 4.69) is 15.8 Å². The van der Waals surface area contributed by atoms with E-state index < -0.39 is 17.8 Å². The molecule has 0 aliphatic rings. The van der Waals surface area contributed by atoms with Gasteiger partial charge in [0, 0.05) is 15.7 Å². The number of nitrogens with one attached hydrogen (secondary N) is 2. The van der Waals surface area contributed by atoms with Gasteiger partial charge in [0.1, 0.15) is 5.75 Å². The molecule has 0 fully saturated rings. The summed E-state index contributed by atoms with van der Waals surface area (Å²) in [5.74, 6) is -2.02. The van der Waals surface area contributed by atoms with Gasteiger partial charge in [-0.1, -0.05) is 29.3 Å². The Morgan fingerprint density at radius 2 is 1.55 bits per heavy atom. The molecule has 0 atom stereocenters. The molecule has 0 aliphatic carbocycles. The van der Waals surface area contributed by atoms with Crippen molar-refractivity contribution in [3.63, 3.8) is 0 Å². The number of halogens is 2. The smallest absolute Gasteiger partial charge is 0.343 e. The summed E-state index contributed by atoms with van der Waals surface area (Å²) in [6, 6.07) is 19.1. The highest BCUT2D eigenvalue weighted by Gasteiger charge is 2.13. The molecular formula is C22H15Cl2N3O4. The fraction of sp³-hybridized carbons (Fsp3) is 0. The van der Waals surface area contributed by atoms with Crippen molar-refractivity contribution in [3.05, 3.63) is 94.0 Å². The first-order chi connectivity index (χ1) is 14.9. The Morgan fingerprint density at radius 1 is 0.839 bits per heavy atom. The first-order valence-electron chi connectivity index (χ1n) is 8.88. The van der Waals surface area contributed by atoms with Crippen LogP contribution in [-0.4, -0.2) is 24.0 Å². The molecule has 3 aromatic carbocycles. The van der Waals surface area contributed by atoms with E-state index >= 15 is 0 Å². The third-order valence-electron chi connectivity index (χ3n) is 3.84. The van der Waals surface area contributed by atoms with E-state index in [1.165, 1.54) is 12.3 Å². The number of nitrogens with zero attached hydrogens (tertiary/aromatic N) is 1. The predicted molar refractivity (Wildman–Crippen MR) is 119 cm³/mol. The van der Waals surface area contributed by atoms with Crippen LogP contribution >= 0.6 is 23.2 Å². The van der Waals surface area contributed by atoms with Crippen LogP contribution in [-0.2, 0) is 9.59 Å². The quantitative estimate of drug-likeness (QED) is 0.197. The minimum Gasteiger partial charge on any atom is -0.423 e. The molecule has 0 heterocycles. The van der Waals surface area contributed by atoms with Crippen LogP contribution in [0.3, 0.4) is 0 Å². The SMILES string of the molecule is O=C(NN=Cc1ccc(OC(=O)c2cccc(Cl)c2)cc1)C(=O)Nc1ccc(Cl)cc1. The van der Waals surface area contributed by atoms with Gasteiger partial charge in [-0.25, -0.2) is 10.2 Å². The summed E-state index contributed by atoms with van der Waals surface area (Å²) in [4.78, 5) is 35.8. The first kappa shape index (κ1) is 22.0. The minimum atomic E-state index is -0.932. The van der Waals surface area contributed by atoms with E-state index in [-0.39, 0.29) is 0 Å². The molecule has 2 N–H and O–H groups in total. The number of hydrogen-bond donors (Lipinski definition) is 2. The molecule has 0 bridgehead atoms. The standard InChI is InChI=1S/C22H15Cl2N3O4/c23-16-6-8-18(9-7-16)26-20(28)21(29)27-25-13-14-4-10-19(11-5-14)31-22(30)15-2-1-3-17(24)12-15/h1-13H,(H,26,28)(H,27,29). The van der Waals surface area contributed by atoms with Gasteiger partial charge in [0.2, 0.25) is 0 Å². The van der Waals surface area contributed by atoms with Crippen molar-refractivity contribution in [3.8, 4) is 5.75 Å². The maximum Gasteiger partial charge on any atom is 0.343 e. The van der Waals surface area contributed by atoms with Gasteiger partial charge in [-0.3, -0.25) is 9.59 Å². The molecule has 0 saturated carbocycles. The lowest BCUT2D eigenvalue weighted by molar-refractivity contribution is -0.136. The van der Waals surface area contributed by atoms with Gasteiger partial charge in [-0.2, -0.15) is 5.10 Å². The monoisotopic (exact) mass is 455 g/mol. The summed E-state index contributed by atoms with van der Waals surface area (Å²) in [5, 5.41) is 7.10. The van der Waals surface area contributed by atoms with Gasteiger partial charge >= 0.3 is 17.8 Å². The Balaban J connectivity index is 1.50. The zero-order valence-corrected chi connectivity index (χ0v) is 17.4. The van der Waals surface area contributed by atoms with Crippen LogP contribution in [0.2, 0.25) is 10.0 Å². The van der Waals surface area contributed by atoms with Crippen molar-refractivity contribution >= 4 is 52.9 Å². The maximum atomic E-state index is 12.1. The maximum absolute atomic E-state index is 12.1. The second-order valence-electron chi connectivity index (χ2n) is 6.13. The first-order valence-corrected chi connectivity index (χ1v) is 9.64. The molecule has 0 radical (unpaired) electrons. The van der Waals surface area contributed by atoms with Crippen molar-refractivity contribution in [2.24, 2.45) is 5.10 Å². The molecule has 0 aliphatic heterocycles. The number of hydrogen-bond acceptors (Lipinski definition) is 5. The number of anilines is 1. The van der Waals surface area contributed by atoms with Gasteiger partial charge in [-0.05, 0) is 72.3 Å². The van der Waals surface area contributed by atoms with E-state index in [0.717, 1.165) is 0 Å². The van der Waals surface area contributed by atoms with Crippen LogP contribution in [0, 0.1) is 0 Å². The average molecular weight is 456 g/mol. The van der Waals surface area contributed by atoms with Crippen molar-refractivity contribution in [2.45, 2.75) is 0 Å². The number of carbonyl (C=O) groups excluding carboxylic acids is 3. The zero-order chi connectivity index (χ0) is 22.2. The molecule has 7 nitrogen and oxygen atoms in total. The fourth-order valence-corrected chi connectivity index (χ4v) is 2.66. The lowest BCUT2D eigenvalue weighted by Gasteiger charge is -2.05. The van der Waals surface area contributed by atoms with Crippen LogP contribution in [0.5, 0.6) is 5.75 Å². The van der Waals surface area contributed by atoms with Crippen LogP contribution in [0.1, 0.15) is 15.9 Å². The summed E-state index contributed by atoms with van der Waals surface area (Å²) >= 11 is 11.6. The van der Waals surface area contributed by atoms with E-state index in [1.807, 2.05) is 0 Å². The Bertz CT molecular complexity index is 1130. The molecule has 0 saturated heterocycles. The molecule has 0 aromatic heterocycles. The highest BCUT2D eigenvalue weighted by atomic mass is 35.5. The molecule has 156 valence electrons. The summed E-state index contributed by atoms with van der Waals surface area (Å²) in [6.07, 6.45) is 1.34. The second kappa shape index (κ2) is 10.4. The average Bonchev–Trinajstić information content (AvgIpc) is 2.76. The van der Waals surface area contributed by atoms with Crippen molar-refractivity contribution < 1.29 is 19.1 Å². The third kappa shape index (κ3) is 6.67. The number of ether oxygens (including phenoxy) is 1. The predicted octanol–water partition coefficient (Wildman–Crippen LogP) is 4.30. The van der Waals surface area contributed by atoms with Crippen molar-refractivity contribution in [1.29, 1.82) is 0 Å². The third-order valence-corrected chi connectivity index (χ3v) is 4.33. The fourth-order valence-electron chi connectivity index (χ4n) is 2.34. The van der Waals surface area contributed by atoms with Crippen LogP contribution in [0.25, 0.3) is 0 Å². The summed E-state index contributed by atoms with van der Waals surface area (Å²) in [6.45, 7) is 0.